The molecule has 0 radical (unpaired) electrons. The van der Waals surface area contributed by atoms with Gasteiger partial charge < -0.3 is 14.6 Å². The van der Waals surface area contributed by atoms with Gasteiger partial charge >= 0.3 is 6.36 Å². The van der Waals surface area contributed by atoms with Crippen LogP contribution in [0.3, 0.4) is 0 Å². The van der Waals surface area contributed by atoms with Gasteiger partial charge in [0.25, 0.3) is 0 Å². The van der Waals surface area contributed by atoms with Crippen molar-refractivity contribution in [3.8, 4) is 17.0 Å². The predicted octanol–water partition coefficient (Wildman–Crippen LogP) is 7.77. The maximum atomic E-state index is 12.6. The molecule has 9 heteroatoms. The minimum atomic E-state index is -4.72. The van der Waals surface area contributed by atoms with Crippen LogP contribution in [0.5, 0.6) is 5.75 Å². The van der Waals surface area contributed by atoms with E-state index in [1.807, 2.05) is 24.7 Å². The van der Waals surface area contributed by atoms with Crippen LogP contribution < -0.4 is 10.1 Å². The zero-order valence-corrected chi connectivity index (χ0v) is 21.7. The van der Waals surface area contributed by atoms with Crippen molar-refractivity contribution >= 4 is 22.7 Å². The molecule has 0 amide bonds. The number of halogens is 3. The lowest BCUT2D eigenvalue weighted by atomic mass is 9.70. The van der Waals surface area contributed by atoms with Crippen molar-refractivity contribution in [3.63, 3.8) is 0 Å². The highest BCUT2D eigenvalue weighted by molar-refractivity contribution is 5.84. The van der Waals surface area contributed by atoms with Gasteiger partial charge in [-0.05, 0) is 80.0 Å². The Balaban J connectivity index is 1.56. The number of hydrogen-bond acceptors (Lipinski definition) is 4. The first kappa shape index (κ1) is 25.2. The number of ether oxygens (including phenoxy) is 1. The van der Waals surface area contributed by atoms with Crippen LogP contribution in [0.15, 0.2) is 48.5 Å². The van der Waals surface area contributed by atoms with Crippen molar-refractivity contribution in [3.05, 3.63) is 54.2 Å². The summed E-state index contributed by atoms with van der Waals surface area (Å²) in [5.41, 5.74) is 5.69. The summed E-state index contributed by atoms with van der Waals surface area (Å²) >= 11 is 0. The molecule has 2 atom stereocenters. The quantitative estimate of drug-likeness (QED) is 0.297. The van der Waals surface area contributed by atoms with Crippen LogP contribution in [-0.4, -0.2) is 25.7 Å². The molecule has 1 aliphatic carbocycles. The van der Waals surface area contributed by atoms with E-state index in [-0.39, 0.29) is 17.2 Å². The van der Waals surface area contributed by atoms with Crippen LogP contribution >= 0.6 is 0 Å². The molecule has 2 aromatic carbocycles. The number of anilines is 2. The Bertz CT molecular complexity index is 1420. The topological polar surface area (TPSA) is 56.9 Å². The molecular weight excluding hydrogens is 479 g/mol. The van der Waals surface area contributed by atoms with E-state index in [9.17, 15) is 13.2 Å². The SMILES string of the molecule is Cc1cc(-c2ccc3c(c2)nc(Nc2ccc(OC(F)(F)F)cc2)n3C2CC(C)CC(C)(C)C2)n(C)n1. The maximum absolute atomic E-state index is 12.6. The lowest BCUT2D eigenvalue weighted by Gasteiger charge is -2.40. The van der Waals surface area contributed by atoms with Gasteiger partial charge in [-0.25, -0.2) is 4.98 Å². The Morgan fingerprint density at radius 1 is 1.05 bits per heavy atom. The van der Waals surface area contributed by atoms with Gasteiger partial charge in [0.15, 0.2) is 0 Å². The summed E-state index contributed by atoms with van der Waals surface area (Å²) in [5.74, 6) is 0.979. The maximum Gasteiger partial charge on any atom is 0.573 e. The normalized spacial score (nSPS) is 19.8. The number of alkyl halides is 3. The molecule has 4 aromatic rings. The molecule has 0 spiro atoms. The number of hydrogen-bond donors (Lipinski definition) is 1. The van der Waals surface area contributed by atoms with Crippen molar-refractivity contribution < 1.29 is 17.9 Å². The zero-order chi connectivity index (χ0) is 26.5. The van der Waals surface area contributed by atoms with E-state index >= 15 is 0 Å². The molecule has 1 aliphatic rings. The van der Waals surface area contributed by atoms with E-state index in [4.69, 9.17) is 4.98 Å². The van der Waals surface area contributed by atoms with Crippen molar-refractivity contribution in [2.24, 2.45) is 18.4 Å². The van der Waals surface area contributed by atoms with E-state index in [0.717, 1.165) is 40.8 Å². The highest BCUT2D eigenvalue weighted by Crippen LogP contribution is 2.46. The molecular formula is C28H32F3N5O. The lowest BCUT2D eigenvalue weighted by Crippen LogP contribution is -2.29. The number of aryl methyl sites for hydroxylation is 2. The molecule has 1 N–H and O–H groups in total. The number of imidazole rings is 1. The van der Waals surface area contributed by atoms with Crippen LogP contribution in [0.4, 0.5) is 24.8 Å². The number of nitrogens with one attached hydrogen (secondary N) is 1. The molecule has 2 aromatic heterocycles. The Labute approximate surface area is 214 Å². The van der Waals surface area contributed by atoms with Crippen LogP contribution in [0.2, 0.25) is 0 Å². The summed E-state index contributed by atoms with van der Waals surface area (Å²) in [6.45, 7) is 8.88. The molecule has 0 aliphatic heterocycles. The van der Waals surface area contributed by atoms with E-state index in [0.29, 0.717) is 17.6 Å². The predicted molar refractivity (Wildman–Crippen MR) is 139 cm³/mol. The summed E-state index contributed by atoms with van der Waals surface area (Å²) in [6, 6.07) is 14.3. The fourth-order valence-corrected chi connectivity index (χ4v) is 5.96. The molecule has 2 unspecified atom stereocenters. The third kappa shape index (κ3) is 5.45. The Kier molecular flexibility index (Phi) is 6.20. The zero-order valence-electron chi connectivity index (χ0n) is 21.7. The summed E-state index contributed by atoms with van der Waals surface area (Å²) in [5, 5.41) is 7.83. The average molecular weight is 512 g/mol. The third-order valence-electron chi connectivity index (χ3n) is 7.06. The number of aromatic nitrogens is 4. The Hall–Kier alpha value is -3.49. The van der Waals surface area contributed by atoms with Crippen molar-refractivity contribution in [2.75, 3.05) is 5.32 Å². The highest BCUT2D eigenvalue weighted by Gasteiger charge is 2.35. The second-order valence-corrected chi connectivity index (χ2v) is 11.1. The van der Waals surface area contributed by atoms with E-state index in [1.54, 1.807) is 12.1 Å². The van der Waals surface area contributed by atoms with Gasteiger partial charge in [-0.15, -0.1) is 13.2 Å². The minimum Gasteiger partial charge on any atom is -0.406 e. The van der Waals surface area contributed by atoms with E-state index in [1.165, 1.54) is 18.6 Å². The van der Waals surface area contributed by atoms with Gasteiger partial charge in [-0.1, -0.05) is 26.8 Å². The highest BCUT2D eigenvalue weighted by atomic mass is 19.4. The second kappa shape index (κ2) is 9.11. The summed E-state index contributed by atoms with van der Waals surface area (Å²) in [4.78, 5) is 4.97. The van der Waals surface area contributed by atoms with Gasteiger partial charge in [0.05, 0.1) is 22.4 Å². The number of nitrogens with zero attached hydrogens (tertiary/aromatic N) is 4. The molecule has 6 nitrogen and oxygen atoms in total. The van der Waals surface area contributed by atoms with Crippen molar-refractivity contribution in [1.29, 1.82) is 0 Å². The van der Waals surface area contributed by atoms with Gasteiger partial charge in [0.1, 0.15) is 5.75 Å². The van der Waals surface area contributed by atoms with Crippen molar-refractivity contribution in [1.82, 2.24) is 19.3 Å². The monoisotopic (exact) mass is 511 g/mol. The molecule has 37 heavy (non-hydrogen) atoms. The van der Waals surface area contributed by atoms with E-state index < -0.39 is 6.36 Å². The van der Waals surface area contributed by atoms with Gasteiger partial charge in [0.2, 0.25) is 5.95 Å². The standard InChI is InChI=1S/C28H32F3N5O/c1-17-12-21(16-27(3,4)15-17)36-24-11-6-19(25-13-18(2)34-35(25)5)14-23(24)33-26(36)32-20-7-9-22(10-8-20)37-28(29,30)31/h6-11,13-14,17,21H,12,15-16H2,1-5H3,(H,32,33). The molecule has 0 bridgehead atoms. The van der Waals surface area contributed by atoms with Crippen LogP contribution in [-0.2, 0) is 7.05 Å². The molecule has 2 heterocycles. The Morgan fingerprint density at radius 2 is 1.78 bits per heavy atom. The second-order valence-electron chi connectivity index (χ2n) is 11.1. The molecule has 1 fully saturated rings. The van der Waals surface area contributed by atoms with Gasteiger partial charge in [0, 0.05) is 24.3 Å². The van der Waals surface area contributed by atoms with Crippen LogP contribution in [0, 0.1) is 18.3 Å². The lowest BCUT2D eigenvalue weighted by molar-refractivity contribution is -0.274. The molecule has 1 saturated carbocycles. The summed E-state index contributed by atoms with van der Waals surface area (Å²) < 4.78 is 45.9. The third-order valence-corrected chi connectivity index (χ3v) is 7.06. The average Bonchev–Trinajstić information content (AvgIpc) is 3.30. The number of rotatable bonds is 5. The minimum absolute atomic E-state index is 0.193. The molecule has 0 saturated heterocycles. The first-order valence-electron chi connectivity index (χ1n) is 12.5. The smallest absolute Gasteiger partial charge is 0.406 e. The van der Waals surface area contributed by atoms with Gasteiger partial charge in [-0.3, -0.25) is 4.68 Å². The fraction of sp³-hybridized carbons (Fsp3) is 0.429. The van der Waals surface area contributed by atoms with Crippen LogP contribution in [0.1, 0.15) is 51.8 Å². The largest absolute Gasteiger partial charge is 0.573 e. The van der Waals surface area contributed by atoms with Gasteiger partial charge in [-0.2, -0.15) is 5.10 Å². The summed E-state index contributed by atoms with van der Waals surface area (Å²) in [7, 11) is 1.93. The fourth-order valence-electron chi connectivity index (χ4n) is 5.96. The number of fused-ring (bicyclic) bond motifs is 1. The number of benzene rings is 2. The van der Waals surface area contributed by atoms with Crippen LogP contribution in [0.25, 0.3) is 22.3 Å². The van der Waals surface area contributed by atoms with E-state index in [2.05, 4.69) is 58.7 Å². The van der Waals surface area contributed by atoms with Crippen molar-refractivity contribution in [2.45, 2.75) is 59.4 Å². The molecule has 5 rings (SSSR count). The summed E-state index contributed by atoms with van der Waals surface area (Å²) in [6.07, 6.45) is -1.51. The molecule has 196 valence electrons. The first-order valence-corrected chi connectivity index (χ1v) is 12.5. The Morgan fingerprint density at radius 3 is 2.41 bits per heavy atom. The first-order chi connectivity index (χ1) is 17.4.